The fourth-order valence-corrected chi connectivity index (χ4v) is 5.01. The zero-order chi connectivity index (χ0) is 22.6. The summed E-state index contributed by atoms with van der Waals surface area (Å²) in [5.41, 5.74) is 1.47. The lowest BCUT2D eigenvalue weighted by Gasteiger charge is -2.39. The van der Waals surface area contributed by atoms with E-state index in [0.717, 1.165) is 16.2 Å². The summed E-state index contributed by atoms with van der Waals surface area (Å²) in [7, 11) is -0.734. The van der Waals surface area contributed by atoms with Gasteiger partial charge in [0.15, 0.2) is 11.5 Å². The SMILES string of the molecule is COc1ccc(N(C(C)C(=O)N2CCN(c3ccccc3)CC2)S(C)(=O)=O)cc1OC. The van der Waals surface area contributed by atoms with Gasteiger partial charge in [0.05, 0.1) is 26.2 Å². The third kappa shape index (κ3) is 5.04. The summed E-state index contributed by atoms with van der Waals surface area (Å²) in [5.74, 6) is 0.647. The number of ether oxygens (including phenoxy) is 2. The highest BCUT2D eigenvalue weighted by atomic mass is 32.2. The lowest BCUT2D eigenvalue weighted by Crippen LogP contribution is -2.55. The van der Waals surface area contributed by atoms with Gasteiger partial charge in [-0.2, -0.15) is 0 Å². The Balaban J connectivity index is 1.78. The fraction of sp³-hybridized carbons (Fsp3) is 0.409. The van der Waals surface area contributed by atoms with Gasteiger partial charge < -0.3 is 19.3 Å². The van der Waals surface area contributed by atoms with E-state index in [4.69, 9.17) is 9.47 Å². The second-order valence-corrected chi connectivity index (χ2v) is 9.28. The molecule has 1 unspecified atom stereocenters. The van der Waals surface area contributed by atoms with Crippen molar-refractivity contribution in [2.24, 2.45) is 0 Å². The number of hydrogen-bond donors (Lipinski definition) is 0. The number of carbonyl (C=O) groups excluding carboxylic acids is 1. The number of sulfonamides is 1. The predicted molar refractivity (Wildman–Crippen MR) is 122 cm³/mol. The van der Waals surface area contributed by atoms with E-state index in [0.29, 0.717) is 43.4 Å². The zero-order valence-corrected chi connectivity index (χ0v) is 19.1. The van der Waals surface area contributed by atoms with Crippen molar-refractivity contribution in [1.82, 2.24) is 4.90 Å². The van der Waals surface area contributed by atoms with Crippen LogP contribution >= 0.6 is 0 Å². The van der Waals surface area contributed by atoms with E-state index >= 15 is 0 Å². The quantitative estimate of drug-likeness (QED) is 0.648. The highest BCUT2D eigenvalue weighted by molar-refractivity contribution is 7.92. The number of piperazine rings is 1. The summed E-state index contributed by atoms with van der Waals surface area (Å²) in [4.78, 5) is 17.2. The van der Waals surface area contributed by atoms with Crippen molar-refractivity contribution in [3.63, 3.8) is 0 Å². The van der Waals surface area contributed by atoms with Crippen molar-refractivity contribution in [2.75, 3.05) is 55.9 Å². The fourth-order valence-electron chi connectivity index (χ4n) is 3.85. The summed E-state index contributed by atoms with van der Waals surface area (Å²) in [6.45, 7) is 4.06. The minimum atomic E-state index is -3.72. The van der Waals surface area contributed by atoms with Crippen molar-refractivity contribution in [3.8, 4) is 11.5 Å². The number of benzene rings is 2. The minimum absolute atomic E-state index is 0.229. The summed E-state index contributed by atoms with van der Waals surface area (Å²) < 4.78 is 36.9. The molecule has 0 saturated carbocycles. The molecule has 3 rings (SSSR count). The smallest absolute Gasteiger partial charge is 0.246 e. The molecular weight excluding hydrogens is 418 g/mol. The van der Waals surface area contributed by atoms with E-state index in [2.05, 4.69) is 4.90 Å². The molecule has 2 aromatic carbocycles. The lowest BCUT2D eigenvalue weighted by molar-refractivity contribution is -0.132. The van der Waals surface area contributed by atoms with Gasteiger partial charge in [-0.05, 0) is 31.2 Å². The topological polar surface area (TPSA) is 79.4 Å². The maximum absolute atomic E-state index is 13.2. The van der Waals surface area contributed by atoms with Crippen LogP contribution in [0.2, 0.25) is 0 Å². The minimum Gasteiger partial charge on any atom is -0.493 e. The number of rotatable bonds is 7. The number of para-hydroxylation sites is 1. The molecule has 0 aromatic heterocycles. The summed E-state index contributed by atoms with van der Waals surface area (Å²) in [6, 6.07) is 13.9. The molecule has 1 atom stereocenters. The van der Waals surface area contributed by atoms with Crippen LogP contribution in [0.4, 0.5) is 11.4 Å². The van der Waals surface area contributed by atoms with E-state index < -0.39 is 16.1 Å². The Morgan fingerprint density at radius 3 is 2.13 bits per heavy atom. The molecule has 0 aliphatic carbocycles. The summed E-state index contributed by atoms with van der Waals surface area (Å²) >= 11 is 0. The van der Waals surface area contributed by atoms with Crippen molar-refractivity contribution in [3.05, 3.63) is 48.5 Å². The predicted octanol–water partition coefficient (Wildman–Crippen LogP) is 2.21. The van der Waals surface area contributed by atoms with Gasteiger partial charge in [0, 0.05) is 37.9 Å². The average Bonchev–Trinajstić information content (AvgIpc) is 2.78. The van der Waals surface area contributed by atoms with E-state index in [1.807, 2.05) is 30.3 Å². The number of amides is 1. The molecule has 0 N–H and O–H groups in total. The largest absolute Gasteiger partial charge is 0.493 e. The molecule has 1 saturated heterocycles. The Morgan fingerprint density at radius 2 is 1.58 bits per heavy atom. The van der Waals surface area contributed by atoms with E-state index in [9.17, 15) is 13.2 Å². The number of hydrogen-bond acceptors (Lipinski definition) is 6. The first-order valence-corrected chi connectivity index (χ1v) is 11.9. The Morgan fingerprint density at radius 1 is 0.968 bits per heavy atom. The molecule has 9 heteroatoms. The second-order valence-electron chi connectivity index (χ2n) is 7.42. The summed E-state index contributed by atoms with van der Waals surface area (Å²) in [6.07, 6.45) is 1.10. The van der Waals surface area contributed by atoms with Crippen LogP contribution in [0, 0.1) is 0 Å². The first kappa shape index (κ1) is 22.7. The molecular formula is C22H29N3O5S. The molecule has 1 amide bonds. The van der Waals surface area contributed by atoms with Gasteiger partial charge in [0.2, 0.25) is 15.9 Å². The van der Waals surface area contributed by atoms with Crippen LogP contribution < -0.4 is 18.7 Å². The first-order valence-electron chi connectivity index (χ1n) is 10.1. The van der Waals surface area contributed by atoms with Crippen molar-refractivity contribution < 1.29 is 22.7 Å². The van der Waals surface area contributed by atoms with E-state index in [1.165, 1.54) is 14.2 Å². The molecule has 2 aromatic rings. The standard InChI is InChI=1S/C22H29N3O5S/c1-17(22(26)24-14-12-23(13-15-24)18-8-6-5-7-9-18)25(31(4,27)28)19-10-11-20(29-2)21(16-19)30-3/h5-11,16-17H,12-15H2,1-4H3. The van der Waals surface area contributed by atoms with Gasteiger partial charge in [-0.1, -0.05) is 18.2 Å². The highest BCUT2D eigenvalue weighted by Crippen LogP contribution is 2.33. The summed E-state index contributed by atoms with van der Waals surface area (Å²) in [5, 5.41) is 0. The maximum Gasteiger partial charge on any atom is 0.246 e. The van der Waals surface area contributed by atoms with Crippen molar-refractivity contribution in [1.29, 1.82) is 0 Å². The number of anilines is 2. The van der Waals surface area contributed by atoms with Gasteiger partial charge in [-0.25, -0.2) is 8.42 Å². The van der Waals surface area contributed by atoms with Gasteiger partial charge in [-0.3, -0.25) is 9.10 Å². The van der Waals surface area contributed by atoms with Crippen molar-refractivity contribution in [2.45, 2.75) is 13.0 Å². The maximum atomic E-state index is 13.2. The third-order valence-corrected chi connectivity index (χ3v) is 6.64. The molecule has 0 bridgehead atoms. The molecule has 0 radical (unpaired) electrons. The van der Waals surface area contributed by atoms with E-state index in [-0.39, 0.29) is 5.91 Å². The molecule has 1 fully saturated rings. The van der Waals surface area contributed by atoms with Crippen LogP contribution in [0.3, 0.4) is 0 Å². The Labute approximate surface area is 184 Å². The van der Waals surface area contributed by atoms with Gasteiger partial charge in [0.1, 0.15) is 6.04 Å². The average molecular weight is 448 g/mol. The lowest BCUT2D eigenvalue weighted by atomic mass is 10.2. The first-order chi connectivity index (χ1) is 14.8. The molecule has 8 nitrogen and oxygen atoms in total. The van der Waals surface area contributed by atoms with Crippen LogP contribution in [0.15, 0.2) is 48.5 Å². The van der Waals surface area contributed by atoms with Crippen LogP contribution in [-0.2, 0) is 14.8 Å². The molecule has 1 aliphatic rings. The van der Waals surface area contributed by atoms with Gasteiger partial charge in [0.25, 0.3) is 0 Å². The van der Waals surface area contributed by atoms with Crippen LogP contribution in [0.25, 0.3) is 0 Å². The number of nitrogens with zero attached hydrogens (tertiary/aromatic N) is 3. The van der Waals surface area contributed by atoms with Gasteiger partial charge in [-0.15, -0.1) is 0 Å². The Kier molecular flexibility index (Phi) is 6.94. The van der Waals surface area contributed by atoms with Crippen LogP contribution in [0.5, 0.6) is 11.5 Å². The second kappa shape index (κ2) is 9.47. The normalized spacial score (nSPS) is 15.4. The highest BCUT2D eigenvalue weighted by Gasteiger charge is 2.33. The monoisotopic (exact) mass is 447 g/mol. The Bertz CT molecular complexity index is 1010. The van der Waals surface area contributed by atoms with Crippen molar-refractivity contribution >= 4 is 27.3 Å². The third-order valence-electron chi connectivity index (χ3n) is 5.40. The van der Waals surface area contributed by atoms with E-state index in [1.54, 1.807) is 30.0 Å². The molecule has 1 heterocycles. The molecule has 168 valence electrons. The molecule has 1 aliphatic heterocycles. The van der Waals surface area contributed by atoms with Crippen LogP contribution in [-0.4, -0.2) is 71.9 Å². The van der Waals surface area contributed by atoms with Crippen LogP contribution in [0.1, 0.15) is 6.92 Å². The molecule has 31 heavy (non-hydrogen) atoms. The molecule has 0 spiro atoms. The van der Waals surface area contributed by atoms with Gasteiger partial charge >= 0.3 is 0 Å². The zero-order valence-electron chi connectivity index (χ0n) is 18.3. The number of carbonyl (C=O) groups is 1. The Hall–Kier alpha value is -2.94. The number of methoxy groups -OCH3 is 2.